The van der Waals surface area contributed by atoms with Gasteiger partial charge in [0.1, 0.15) is 17.8 Å². The van der Waals surface area contributed by atoms with Crippen LogP contribution in [0.2, 0.25) is 0 Å². The van der Waals surface area contributed by atoms with Gasteiger partial charge in [-0.1, -0.05) is 115 Å². The number of para-hydroxylation sites is 3. The summed E-state index contributed by atoms with van der Waals surface area (Å²) in [5, 5.41) is 12.3. The zero-order valence-corrected chi connectivity index (χ0v) is 27.2. The van der Waals surface area contributed by atoms with E-state index in [4.69, 9.17) is 9.98 Å². The number of aliphatic imine (C=N–C) groups is 2. The van der Waals surface area contributed by atoms with E-state index in [0.717, 1.165) is 50.9 Å². The second-order valence-corrected chi connectivity index (χ2v) is 12.8. The van der Waals surface area contributed by atoms with Crippen molar-refractivity contribution >= 4 is 61.1 Å². The third-order valence-corrected chi connectivity index (χ3v) is 9.82. The molecule has 4 heterocycles. The van der Waals surface area contributed by atoms with Gasteiger partial charge >= 0.3 is 0 Å². The molecule has 6 aromatic carbocycles. The molecule has 0 saturated heterocycles. The Morgan fingerprint density at radius 3 is 1.82 bits per heavy atom. The Labute approximate surface area is 289 Å². The van der Waals surface area contributed by atoms with E-state index in [-0.39, 0.29) is 6.17 Å². The zero-order valence-electron chi connectivity index (χ0n) is 27.2. The first-order valence-electron chi connectivity index (χ1n) is 17.0. The minimum absolute atomic E-state index is 0.235. The summed E-state index contributed by atoms with van der Waals surface area (Å²) in [6.45, 7) is 0.596. The van der Waals surface area contributed by atoms with Crippen molar-refractivity contribution in [3.05, 3.63) is 181 Å². The highest BCUT2D eigenvalue weighted by atomic mass is 15.2. The fraction of sp³-hybridized carbons (Fsp3) is 0.0455. The number of amidine groups is 2. The van der Waals surface area contributed by atoms with Gasteiger partial charge in [0.05, 0.1) is 22.1 Å². The second kappa shape index (κ2) is 11.5. The summed E-state index contributed by atoms with van der Waals surface area (Å²) in [5.74, 6) is 2.57. The van der Waals surface area contributed by atoms with Crippen LogP contribution in [0.15, 0.2) is 179 Å². The summed E-state index contributed by atoms with van der Waals surface area (Å²) in [4.78, 5) is 10.1. The molecule has 238 valence electrons. The van der Waals surface area contributed by atoms with Gasteiger partial charge in [0.2, 0.25) is 0 Å². The molecule has 2 N–H and O–H groups in total. The standard InChI is InChI=1S/C44H32N6/c1-4-14-29(15-5-1)42-46-43(30-16-6-2-7-17-30)48-44(47-42)31-24-25-41(45-28-31)50-38-23-13-11-21-34(38)36-26-35-33-20-10-12-22-37(33)49(39(35)27-40(36)50)32-18-8-3-9-19-32/h1-27,42,45H,28H2,(H,46,47,48). The number of nitrogens with zero attached hydrogens (tertiary/aromatic N) is 4. The maximum absolute atomic E-state index is 5.10. The Morgan fingerprint density at radius 1 is 0.540 bits per heavy atom. The van der Waals surface area contributed by atoms with E-state index >= 15 is 0 Å². The molecule has 0 fully saturated rings. The van der Waals surface area contributed by atoms with E-state index in [1.807, 2.05) is 24.3 Å². The minimum Gasteiger partial charge on any atom is -0.367 e. The lowest BCUT2D eigenvalue weighted by atomic mass is 10.1. The molecule has 2 aromatic heterocycles. The van der Waals surface area contributed by atoms with E-state index in [1.165, 1.54) is 32.6 Å². The fourth-order valence-corrected chi connectivity index (χ4v) is 7.48. The fourth-order valence-electron chi connectivity index (χ4n) is 7.48. The van der Waals surface area contributed by atoms with E-state index < -0.39 is 0 Å². The lowest BCUT2D eigenvalue weighted by Gasteiger charge is -2.26. The van der Waals surface area contributed by atoms with Gasteiger partial charge in [-0.05, 0) is 54.1 Å². The molecule has 10 rings (SSSR count). The van der Waals surface area contributed by atoms with Crippen LogP contribution in [0.3, 0.4) is 0 Å². The molecule has 1 atom stereocenters. The molecule has 6 nitrogen and oxygen atoms in total. The van der Waals surface area contributed by atoms with Gasteiger partial charge in [-0.15, -0.1) is 0 Å². The summed E-state index contributed by atoms with van der Waals surface area (Å²) >= 11 is 0. The van der Waals surface area contributed by atoms with E-state index in [0.29, 0.717) is 6.54 Å². The summed E-state index contributed by atoms with van der Waals surface area (Å²) < 4.78 is 4.74. The molecule has 6 heteroatoms. The van der Waals surface area contributed by atoms with Crippen molar-refractivity contribution in [3.8, 4) is 5.69 Å². The number of hydrogen-bond acceptors (Lipinski definition) is 4. The average molecular weight is 645 g/mol. The Bertz CT molecular complexity index is 2710. The maximum atomic E-state index is 5.10. The second-order valence-electron chi connectivity index (χ2n) is 12.8. The van der Waals surface area contributed by atoms with E-state index in [1.54, 1.807) is 0 Å². The molecule has 0 bridgehead atoms. The Hall–Kier alpha value is -6.66. The highest BCUT2D eigenvalue weighted by molar-refractivity contribution is 6.19. The van der Waals surface area contributed by atoms with Crippen LogP contribution in [0.4, 0.5) is 0 Å². The predicted octanol–water partition coefficient (Wildman–Crippen LogP) is 9.37. The van der Waals surface area contributed by atoms with Gasteiger partial charge < -0.3 is 15.2 Å². The minimum atomic E-state index is -0.235. The van der Waals surface area contributed by atoms with Crippen molar-refractivity contribution in [2.45, 2.75) is 6.17 Å². The highest BCUT2D eigenvalue weighted by Crippen LogP contribution is 2.39. The van der Waals surface area contributed by atoms with Gasteiger partial charge in [-0.2, -0.15) is 0 Å². The van der Waals surface area contributed by atoms with Gasteiger partial charge in [-0.25, -0.2) is 9.98 Å². The van der Waals surface area contributed by atoms with Crippen LogP contribution in [0.25, 0.3) is 55.1 Å². The number of rotatable bonds is 5. The third-order valence-electron chi connectivity index (χ3n) is 9.82. The summed E-state index contributed by atoms with van der Waals surface area (Å²) in [6.07, 6.45) is 4.10. The van der Waals surface area contributed by atoms with Crippen LogP contribution in [-0.4, -0.2) is 27.4 Å². The average Bonchev–Trinajstić information content (AvgIpc) is 3.70. The number of benzene rings is 6. The molecule has 0 spiro atoms. The molecule has 0 amide bonds. The smallest absolute Gasteiger partial charge is 0.157 e. The Morgan fingerprint density at radius 2 is 1.14 bits per heavy atom. The number of hydrogen-bond donors (Lipinski definition) is 2. The number of aromatic nitrogens is 2. The molecule has 2 aliphatic rings. The number of dihydropyridines is 1. The van der Waals surface area contributed by atoms with Crippen molar-refractivity contribution in [2.24, 2.45) is 9.98 Å². The van der Waals surface area contributed by atoms with Crippen LogP contribution >= 0.6 is 0 Å². The topological polar surface area (TPSA) is 58.6 Å². The zero-order chi connectivity index (χ0) is 33.0. The van der Waals surface area contributed by atoms with Gasteiger partial charge in [0.15, 0.2) is 5.84 Å². The molecule has 1 unspecified atom stereocenters. The summed E-state index contributed by atoms with van der Waals surface area (Å²) in [5.41, 5.74) is 9.01. The van der Waals surface area contributed by atoms with Crippen molar-refractivity contribution < 1.29 is 0 Å². The lowest BCUT2D eigenvalue weighted by Crippen LogP contribution is -2.35. The largest absolute Gasteiger partial charge is 0.367 e. The number of fused-ring (bicyclic) bond motifs is 6. The monoisotopic (exact) mass is 644 g/mol. The molecule has 2 aliphatic heterocycles. The Kier molecular flexibility index (Phi) is 6.52. The van der Waals surface area contributed by atoms with Crippen molar-refractivity contribution in [1.29, 1.82) is 0 Å². The lowest BCUT2D eigenvalue weighted by molar-refractivity contribution is 0.673. The number of nitrogens with one attached hydrogen (secondary N) is 2. The van der Waals surface area contributed by atoms with E-state index in [9.17, 15) is 0 Å². The van der Waals surface area contributed by atoms with Crippen LogP contribution in [0.5, 0.6) is 0 Å². The third kappa shape index (κ3) is 4.57. The SMILES string of the molecule is C1=C(C2=NC(c3ccccc3)NC(c3ccccc3)=N2)CNC(n2c3ccccc3c3cc4c5ccccc5n(-c5ccccc5)c4cc32)=C1. The summed E-state index contributed by atoms with van der Waals surface area (Å²) in [6, 6.07) is 53.4. The number of allylic oxidation sites excluding steroid dienone is 2. The molecular formula is C44H32N6. The molecule has 0 saturated carbocycles. The van der Waals surface area contributed by atoms with Crippen molar-refractivity contribution in [2.75, 3.05) is 6.54 Å². The highest BCUT2D eigenvalue weighted by Gasteiger charge is 2.24. The van der Waals surface area contributed by atoms with Crippen molar-refractivity contribution in [1.82, 2.24) is 19.8 Å². The molecular weight excluding hydrogens is 613 g/mol. The van der Waals surface area contributed by atoms with Crippen LogP contribution in [0.1, 0.15) is 17.3 Å². The van der Waals surface area contributed by atoms with Gasteiger partial charge in [0, 0.05) is 44.9 Å². The normalized spacial score (nSPS) is 16.1. The first-order valence-corrected chi connectivity index (χ1v) is 17.0. The van der Waals surface area contributed by atoms with Crippen LogP contribution < -0.4 is 10.6 Å². The first kappa shape index (κ1) is 28.4. The van der Waals surface area contributed by atoms with Crippen molar-refractivity contribution in [3.63, 3.8) is 0 Å². The maximum Gasteiger partial charge on any atom is 0.157 e. The van der Waals surface area contributed by atoms with Crippen LogP contribution in [0, 0.1) is 0 Å². The van der Waals surface area contributed by atoms with E-state index in [2.05, 4.69) is 159 Å². The predicted molar refractivity (Wildman–Crippen MR) is 207 cm³/mol. The molecule has 8 aromatic rings. The molecule has 50 heavy (non-hydrogen) atoms. The summed E-state index contributed by atoms with van der Waals surface area (Å²) in [7, 11) is 0. The van der Waals surface area contributed by atoms with Crippen LogP contribution in [-0.2, 0) is 0 Å². The Balaban J connectivity index is 1.14. The first-order chi connectivity index (χ1) is 24.8. The van der Waals surface area contributed by atoms with Gasteiger partial charge in [0.25, 0.3) is 0 Å². The van der Waals surface area contributed by atoms with Gasteiger partial charge in [-0.3, -0.25) is 4.57 Å². The molecule has 0 aliphatic carbocycles. The quantitative estimate of drug-likeness (QED) is 0.196. The molecule has 0 radical (unpaired) electrons.